The SMILES string of the molecule is Fc1cc(F)c(F)c(NC2CCOC3(CCOC3)C2)c1. The van der Waals surface area contributed by atoms with Crippen LogP contribution in [0.5, 0.6) is 0 Å². The van der Waals surface area contributed by atoms with Crippen LogP contribution in [0.2, 0.25) is 0 Å². The largest absolute Gasteiger partial charge is 0.380 e. The van der Waals surface area contributed by atoms with Crippen LogP contribution in [-0.4, -0.2) is 31.5 Å². The van der Waals surface area contributed by atoms with Gasteiger partial charge in [0.25, 0.3) is 0 Å². The van der Waals surface area contributed by atoms with E-state index in [0.29, 0.717) is 38.7 Å². The van der Waals surface area contributed by atoms with E-state index in [1.165, 1.54) is 0 Å². The third kappa shape index (κ3) is 2.62. The van der Waals surface area contributed by atoms with Gasteiger partial charge >= 0.3 is 0 Å². The Morgan fingerprint density at radius 1 is 1.20 bits per heavy atom. The zero-order valence-corrected chi connectivity index (χ0v) is 10.9. The van der Waals surface area contributed by atoms with Gasteiger partial charge in [0, 0.05) is 37.8 Å². The van der Waals surface area contributed by atoms with Crippen LogP contribution in [0, 0.1) is 17.5 Å². The molecule has 1 aromatic rings. The van der Waals surface area contributed by atoms with Crippen molar-refractivity contribution in [2.24, 2.45) is 0 Å². The topological polar surface area (TPSA) is 30.5 Å². The Hall–Kier alpha value is -1.27. The first kappa shape index (κ1) is 13.7. The molecule has 0 bridgehead atoms. The van der Waals surface area contributed by atoms with Crippen molar-refractivity contribution in [1.82, 2.24) is 0 Å². The average molecular weight is 287 g/mol. The van der Waals surface area contributed by atoms with E-state index < -0.39 is 17.5 Å². The molecule has 110 valence electrons. The summed E-state index contributed by atoms with van der Waals surface area (Å²) in [5, 5.41) is 2.89. The highest BCUT2D eigenvalue weighted by molar-refractivity contribution is 5.46. The number of benzene rings is 1. The molecule has 1 aromatic carbocycles. The molecule has 0 aliphatic carbocycles. The van der Waals surface area contributed by atoms with E-state index in [4.69, 9.17) is 9.47 Å². The highest BCUT2D eigenvalue weighted by atomic mass is 19.2. The monoisotopic (exact) mass is 287 g/mol. The van der Waals surface area contributed by atoms with Gasteiger partial charge in [-0.2, -0.15) is 0 Å². The predicted octanol–water partition coefficient (Wildman–Crippen LogP) is 2.85. The van der Waals surface area contributed by atoms with Crippen LogP contribution in [0.15, 0.2) is 12.1 Å². The van der Waals surface area contributed by atoms with Crippen molar-refractivity contribution in [2.45, 2.75) is 30.9 Å². The first-order valence-corrected chi connectivity index (χ1v) is 6.71. The number of halogens is 3. The number of hydrogen-bond donors (Lipinski definition) is 1. The van der Waals surface area contributed by atoms with Crippen LogP contribution in [0.4, 0.5) is 18.9 Å². The Morgan fingerprint density at radius 3 is 2.80 bits per heavy atom. The van der Waals surface area contributed by atoms with E-state index >= 15 is 0 Å². The molecule has 0 aromatic heterocycles. The third-order valence-electron chi connectivity index (χ3n) is 3.91. The fourth-order valence-electron chi connectivity index (χ4n) is 2.90. The number of ether oxygens (including phenoxy) is 2. The van der Waals surface area contributed by atoms with Gasteiger partial charge in [0.15, 0.2) is 11.6 Å². The molecule has 2 unspecified atom stereocenters. The van der Waals surface area contributed by atoms with Gasteiger partial charge in [0.2, 0.25) is 0 Å². The van der Waals surface area contributed by atoms with Crippen LogP contribution in [0.1, 0.15) is 19.3 Å². The molecule has 0 amide bonds. The molecule has 1 spiro atoms. The normalized spacial score (nSPS) is 29.9. The molecule has 6 heteroatoms. The number of anilines is 1. The molecule has 2 heterocycles. The van der Waals surface area contributed by atoms with Crippen LogP contribution in [0.25, 0.3) is 0 Å². The van der Waals surface area contributed by atoms with E-state index in [-0.39, 0.29) is 17.3 Å². The molecule has 2 saturated heterocycles. The van der Waals surface area contributed by atoms with Gasteiger partial charge in [-0.25, -0.2) is 13.2 Å². The summed E-state index contributed by atoms with van der Waals surface area (Å²) >= 11 is 0. The van der Waals surface area contributed by atoms with Crippen molar-refractivity contribution in [3.63, 3.8) is 0 Å². The second kappa shape index (κ2) is 5.26. The molecule has 2 atom stereocenters. The van der Waals surface area contributed by atoms with Gasteiger partial charge in [-0.05, 0) is 12.8 Å². The van der Waals surface area contributed by atoms with Crippen molar-refractivity contribution in [2.75, 3.05) is 25.1 Å². The minimum absolute atomic E-state index is 0.0823. The predicted molar refractivity (Wildman–Crippen MR) is 67.1 cm³/mol. The van der Waals surface area contributed by atoms with E-state index in [1.807, 2.05) is 0 Å². The molecular formula is C14H16F3NO2. The van der Waals surface area contributed by atoms with Crippen molar-refractivity contribution in [3.8, 4) is 0 Å². The highest BCUT2D eigenvalue weighted by Crippen LogP contribution is 2.34. The summed E-state index contributed by atoms with van der Waals surface area (Å²) in [6.45, 7) is 1.70. The second-order valence-corrected chi connectivity index (χ2v) is 5.42. The highest BCUT2D eigenvalue weighted by Gasteiger charge is 2.41. The van der Waals surface area contributed by atoms with Crippen LogP contribution >= 0.6 is 0 Å². The Labute approximate surface area is 115 Å². The molecular weight excluding hydrogens is 271 g/mol. The molecule has 20 heavy (non-hydrogen) atoms. The molecule has 0 radical (unpaired) electrons. The van der Waals surface area contributed by atoms with E-state index in [9.17, 15) is 13.2 Å². The van der Waals surface area contributed by atoms with Crippen molar-refractivity contribution < 1.29 is 22.6 Å². The minimum Gasteiger partial charge on any atom is -0.380 e. The zero-order chi connectivity index (χ0) is 14.2. The first-order chi connectivity index (χ1) is 9.58. The summed E-state index contributed by atoms with van der Waals surface area (Å²) < 4.78 is 51.1. The maximum absolute atomic E-state index is 13.6. The van der Waals surface area contributed by atoms with Gasteiger partial charge < -0.3 is 14.8 Å². The maximum atomic E-state index is 13.6. The van der Waals surface area contributed by atoms with Crippen LogP contribution in [-0.2, 0) is 9.47 Å². The van der Waals surface area contributed by atoms with Crippen molar-refractivity contribution in [1.29, 1.82) is 0 Å². The summed E-state index contributed by atoms with van der Waals surface area (Å²) in [6.07, 6.45) is 2.11. The lowest BCUT2D eigenvalue weighted by molar-refractivity contribution is -0.0829. The molecule has 2 fully saturated rings. The lowest BCUT2D eigenvalue weighted by Crippen LogP contribution is -2.45. The number of hydrogen-bond acceptors (Lipinski definition) is 3. The number of rotatable bonds is 2. The lowest BCUT2D eigenvalue weighted by atomic mass is 9.89. The summed E-state index contributed by atoms with van der Waals surface area (Å²) in [5.74, 6) is -3.02. The van der Waals surface area contributed by atoms with Gasteiger partial charge in [-0.3, -0.25) is 0 Å². The van der Waals surface area contributed by atoms with Crippen molar-refractivity contribution in [3.05, 3.63) is 29.6 Å². The van der Waals surface area contributed by atoms with Gasteiger partial charge in [0.1, 0.15) is 5.82 Å². The summed E-state index contributed by atoms with van der Waals surface area (Å²) in [6, 6.07) is 1.43. The fraction of sp³-hybridized carbons (Fsp3) is 0.571. The van der Waals surface area contributed by atoms with Crippen molar-refractivity contribution >= 4 is 5.69 Å². The molecule has 2 aliphatic heterocycles. The smallest absolute Gasteiger partial charge is 0.182 e. The summed E-state index contributed by atoms with van der Waals surface area (Å²) in [5.41, 5.74) is -0.471. The average Bonchev–Trinajstić information content (AvgIpc) is 2.83. The minimum atomic E-state index is -1.18. The van der Waals surface area contributed by atoms with Gasteiger partial charge in [-0.15, -0.1) is 0 Å². The fourth-order valence-corrected chi connectivity index (χ4v) is 2.90. The second-order valence-electron chi connectivity index (χ2n) is 5.42. The van der Waals surface area contributed by atoms with E-state index in [0.717, 1.165) is 12.5 Å². The zero-order valence-electron chi connectivity index (χ0n) is 10.9. The lowest BCUT2D eigenvalue weighted by Gasteiger charge is -2.37. The summed E-state index contributed by atoms with van der Waals surface area (Å²) in [4.78, 5) is 0. The maximum Gasteiger partial charge on any atom is 0.182 e. The Balaban J connectivity index is 1.74. The van der Waals surface area contributed by atoms with Gasteiger partial charge in [0.05, 0.1) is 17.9 Å². The Bertz CT molecular complexity index is 503. The summed E-state index contributed by atoms with van der Waals surface area (Å²) in [7, 11) is 0. The van der Waals surface area contributed by atoms with Crippen LogP contribution in [0.3, 0.4) is 0 Å². The Kier molecular flexibility index (Phi) is 3.60. The quantitative estimate of drug-likeness (QED) is 0.848. The van der Waals surface area contributed by atoms with E-state index in [2.05, 4.69) is 5.32 Å². The third-order valence-corrected chi connectivity index (χ3v) is 3.91. The Morgan fingerprint density at radius 2 is 2.05 bits per heavy atom. The van der Waals surface area contributed by atoms with E-state index in [1.54, 1.807) is 0 Å². The molecule has 1 N–H and O–H groups in total. The molecule has 3 rings (SSSR count). The first-order valence-electron chi connectivity index (χ1n) is 6.71. The number of nitrogens with one attached hydrogen (secondary N) is 1. The molecule has 3 nitrogen and oxygen atoms in total. The standard InChI is InChI=1S/C14H16F3NO2/c15-9-5-11(16)13(17)12(6-9)18-10-1-3-20-14(7-10)2-4-19-8-14/h5-6,10,18H,1-4,7-8H2. The molecule has 0 saturated carbocycles. The van der Waals surface area contributed by atoms with Crippen LogP contribution < -0.4 is 5.32 Å². The van der Waals surface area contributed by atoms with Gasteiger partial charge in [-0.1, -0.05) is 0 Å². The molecule has 2 aliphatic rings.